The highest BCUT2D eigenvalue weighted by Crippen LogP contribution is 2.37. The summed E-state index contributed by atoms with van der Waals surface area (Å²) in [5, 5.41) is 9.17. The number of hydrogen-bond donors (Lipinski definition) is 0. The van der Waals surface area contributed by atoms with Gasteiger partial charge in [0.15, 0.2) is 0 Å². The monoisotopic (exact) mass is 379 g/mol. The van der Waals surface area contributed by atoms with Crippen molar-refractivity contribution in [3.05, 3.63) is 76.8 Å². The van der Waals surface area contributed by atoms with E-state index >= 15 is 0 Å². The lowest BCUT2D eigenvalue weighted by molar-refractivity contribution is 0.0735. The first-order valence-corrected chi connectivity index (χ1v) is 9.61. The highest BCUT2D eigenvalue weighted by atomic mass is 35.5. The topological polar surface area (TPSA) is 50.1 Å². The molecule has 0 saturated heterocycles. The second-order valence-electron chi connectivity index (χ2n) is 7.01. The maximum absolute atomic E-state index is 12.3. The Kier molecular flexibility index (Phi) is 6.32. The summed E-state index contributed by atoms with van der Waals surface area (Å²) in [6, 6.07) is 14.3. The van der Waals surface area contributed by atoms with Crippen molar-refractivity contribution in [3.63, 3.8) is 0 Å². The molecule has 2 aromatic rings. The number of esters is 1. The Labute approximate surface area is 165 Å². The second kappa shape index (κ2) is 8.88. The van der Waals surface area contributed by atoms with E-state index in [9.17, 15) is 4.79 Å². The number of halogens is 1. The predicted molar refractivity (Wildman–Crippen MR) is 107 cm³/mol. The molecule has 0 atom stereocenters. The summed E-state index contributed by atoms with van der Waals surface area (Å²) < 4.78 is 5.36. The molecule has 0 aliphatic heterocycles. The molecule has 0 radical (unpaired) electrons. The zero-order chi connectivity index (χ0) is 19.2. The second-order valence-corrected chi connectivity index (χ2v) is 7.41. The molecule has 138 valence electrons. The third-order valence-electron chi connectivity index (χ3n) is 5.24. The molecule has 0 bridgehead atoms. The van der Waals surface area contributed by atoms with Gasteiger partial charge in [-0.05, 0) is 73.8 Å². The summed E-state index contributed by atoms with van der Waals surface area (Å²) in [6.07, 6.45) is 7.97. The van der Waals surface area contributed by atoms with Crippen LogP contribution in [0.4, 0.5) is 0 Å². The molecule has 3 rings (SSSR count). The van der Waals surface area contributed by atoms with E-state index < -0.39 is 5.97 Å². The van der Waals surface area contributed by atoms with Gasteiger partial charge in [0.2, 0.25) is 0 Å². The predicted octanol–water partition coefficient (Wildman–Crippen LogP) is 6.28. The summed E-state index contributed by atoms with van der Waals surface area (Å²) >= 11 is 5.98. The zero-order valence-electron chi connectivity index (χ0n) is 15.2. The molecule has 0 amide bonds. The van der Waals surface area contributed by atoms with Crippen LogP contribution < -0.4 is 4.74 Å². The number of ether oxygens (including phenoxy) is 1. The van der Waals surface area contributed by atoms with Gasteiger partial charge >= 0.3 is 5.97 Å². The summed E-state index contributed by atoms with van der Waals surface area (Å²) in [5.74, 6) is 1.23. The molecule has 1 saturated carbocycles. The van der Waals surface area contributed by atoms with Crippen LogP contribution in [0.3, 0.4) is 0 Å². The van der Waals surface area contributed by atoms with E-state index in [0.717, 1.165) is 12.3 Å². The number of rotatable bonds is 5. The van der Waals surface area contributed by atoms with Crippen molar-refractivity contribution in [2.75, 3.05) is 0 Å². The Bertz CT molecular complexity index is 859. The van der Waals surface area contributed by atoms with Crippen LogP contribution in [-0.4, -0.2) is 5.97 Å². The first-order valence-electron chi connectivity index (χ1n) is 9.23. The Hall–Kier alpha value is -2.57. The van der Waals surface area contributed by atoms with Crippen LogP contribution in [0.25, 0.3) is 0 Å². The van der Waals surface area contributed by atoms with Gasteiger partial charge in [0.1, 0.15) is 11.8 Å². The molecular weight excluding hydrogens is 358 g/mol. The zero-order valence-corrected chi connectivity index (χ0v) is 15.9. The molecular formula is C23H22ClNO2. The number of hydrogen-bond acceptors (Lipinski definition) is 3. The Morgan fingerprint density at radius 1 is 1.19 bits per heavy atom. The molecule has 0 heterocycles. The van der Waals surface area contributed by atoms with Crippen LogP contribution >= 0.6 is 11.6 Å². The molecule has 1 aliphatic rings. The minimum absolute atomic E-state index is 0.269. The average Bonchev–Trinajstić information content (AvgIpc) is 2.69. The number of nitriles is 1. The summed E-state index contributed by atoms with van der Waals surface area (Å²) in [5.41, 5.74) is 2.13. The SMILES string of the molecule is C=CCC1CCC(c2ccc(C(=O)Oc3ccc(C#N)c(Cl)c3)cc2)CC1. The summed E-state index contributed by atoms with van der Waals surface area (Å²) in [6.45, 7) is 3.84. The molecule has 0 aromatic heterocycles. The lowest BCUT2D eigenvalue weighted by Gasteiger charge is -2.28. The fraction of sp³-hybridized carbons (Fsp3) is 0.304. The van der Waals surface area contributed by atoms with Crippen molar-refractivity contribution >= 4 is 17.6 Å². The molecule has 0 spiro atoms. The maximum atomic E-state index is 12.3. The third-order valence-corrected chi connectivity index (χ3v) is 5.55. The lowest BCUT2D eigenvalue weighted by Crippen LogP contribution is -2.13. The third kappa shape index (κ3) is 4.78. The number of nitrogens with zero attached hydrogens (tertiary/aromatic N) is 1. The number of benzene rings is 2. The van der Waals surface area contributed by atoms with E-state index in [4.69, 9.17) is 21.6 Å². The van der Waals surface area contributed by atoms with E-state index in [1.807, 2.05) is 36.4 Å². The van der Waals surface area contributed by atoms with Gasteiger partial charge in [-0.15, -0.1) is 6.58 Å². The number of carbonyl (C=O) groups excluding carboxylic acids is 1. The van der Waals surface area contributed by atoms with Crippen LogP contribution in [0.2, 0.25) is 5.02 Å². The quantitative estimate of drug-likeness (QED) is 0.349. The van der Waals surface area contributed by atoms with Crippen LogP contribution in [0, 0.1) is 17.2 Å². The van der Waals surface area contributed by atoms with Gasteiger partial charge in [-0.3, -0.25) is 0 Å². The molecule has 1 aliphatic carbocycles. The minimum Gasteiger partial charge on any atom is -0.423 e. The van der Waals surface area contributed by atoms with Crippen LogP contribution in [-0.2, 0) is 0 Å². The molecule has 0 N–H and O–H groups in total. The van der Waals surface area contributed by atoms with Crippen LogP contribution in [0.1, 0.15) is 59.5 Å². The fourth-order valence-corrected chi connectivity index (χ4v) is 3.89. The van der Waals surface area contributed by atoms with Crippen molar-refractivity contribution in [1.29, 1.82) is 5.26 Å². The van der Waals surface area contributed by atoms with E-state index in [-0.39, 0.29) is 5.02 Å². The highest BCUT2D eigenvalue weighted by Gasteiger charge is 2.22. The van der Waals surface area contributed by atoms with Gasteiger partial charge in [0.25, 0.3) is 0 Å². The Morgan fingerprint density at radius 3 is 2.48 bits per heavy atom. The smallest absolute Gasteiger partial charge is 0.343 e. The largest absolute Gasteiger partial charge is 0.423 e. The standard InChI is InChI=1S/C23H22ClNO2/c1-2-3-16-4-6-17(7-5-16)18-8-10-19(11-9-18)23(26)27-21-13-12-20(15-25)22(24)14-21/h2,8-14,16-17H,1,3-7H2. The van der Waals surface area contributed by atoms with Gasteiger partial charge in [0, 0.05) is 6.07 Å². The van der Waals surface area contributed by atoms with Gasteiger partial charge < -0.3 is 4.74 Å². The van der Waals surface area contributed by atoms with Crippen molar-refractivity contribution in [3.8, 4) is 11.8 Å². The average molecular weight is 380 g/mol. The minimum atomic E-state index is -0.433. The first kappa shape index (κ1) is 19.2. The van der Waals surface area contributed by atoms with E-state index in [0.29, 0.717) is 22.8 Å². The molecule has 3 nitrogen and oxygen atoms in total. The van der Waals surface area contributed by atoms with Crippen molar-refractivity contribution in [2.45, 2.75) is 38.0 Å². The van der Waals surface area contributed by atoms with E-state index in [2.05, 4.69) is 6.58 Å². The number of carbonyl (C=O) groups is 1. The molecule has 0 unspecified atom stereocenters. The fourth-order valence-electron chi connectivity index (χ4n) is 3.67. The molecule has 4 heteroatoms. The maximum Gasteiger partial charge on any atom is 0.343 e. The van der Waals surface area contributed by atoms with Crippen molar-refractivity contribution < 1.29 is 9.53 Å². The lowest BCUT2D eigenvalue weighted by atomic mass is 9.77. The van der Waals surface area contributed by atoms with Crippen LogP contribution in [0.5, 0.6) is 5.75 Å². The number of allylic oxidation sites excluding steroid dienone is 1. The van der Waals surface area contributed by atoms with Crippen molar-refractivity contribution in [2.24, 2.45) is 5.92 Å². The molecule has 27 heavy (non-hydrogen) atoms. The van der Waals surface area contributed by atoms with E-state index in [1.165, 1.54) is 43.4 Å². The highest BCUT2D eigenvalue weighted by molar-refractivity contribution is 6.31. The van der Waals surface area contributed by atoms with Crippen molar-refractivity contribution in [1.82, 2.24) is 0 Å². The Balaban J connectivity index is 1.61. The summed E-state index contributed by atoms with van der Waals surface area (Å²) in [4.78, 5) is 12.3. The van der Waals surface area contributed by atoms with Gasteiger partial charge in [-0.1, -0.05) is 29.8 Å². The summed E-state index contributed by atoms with van der Waals surface area (Å²) in [7, 11) is 0. The first-order chi connectivity index (χ1) is 13.1. The van der Waals surface area contributed by atoms with E-state index in [1.54, 1.807) is 6.07 Å². The van der Waals surface area contributed by atoms with Crippen LogP contribution in [0.15, 0.2) is 55.1 Å². The van der Waals surface area contributed by atoms with Gasteiger partial charge in [-0.2, -0.15) is 5.26 Å². The molecule has 1 fully saturated rings. The Morgan fingerprint density at radius 2 is 1.89 bits per heavy atom. The van der Waals surface area contributed by atoms with Gasteiger partial charge in [-0.25, -0.2) is 4.79 Å². The van der Waals surface area contributed by atoms with Gasteiger partial charge in [0.05, 0.1) is 16.1 Å². The molecule has 2 aromatic carbocycles. The normalized spacial score (nSPS) is 19.1.